The average molecular weight is 285 g/mol. The molecule has 20 heavy (non-hydrogen) atoms. The number of nitrogens with one attached hydrogen (secondary N) is 2. The fraction of sp³-hybridized carbons (Fsp3) is 0.867. The first kappa shape index (κ1) is 18.9. The monoisotopic (exact) mass is 285 g/mol. The summed E-state index contributed by atoms with van der Waals surface area (Å²) in [5.41, 5.74) is 0. The first-order valence-electron chi connectivity index (χ1n) is 7.68. The number of carbonyl (C=O) groups excluding carboxylic acids is 2. The molecule has 0 unspecified atom stereocenters. The van der Waals surface area contributed by atoms with Crippen LogP contribution in [0.15, 0.2) is 0 Å². The molecule has 0 rings (SSSR count). The Hall–Kier alpha value is -1.10. The van der Waals surface area contributed by atoms with E-state index < -0.39 is 0 Å². The average Bonchev–Trinajstić information content (AvgIpc) is 2.47. The summed E-state index contributed by atoms with van der Waals surface area (Å²) < 4.78 is 0. The number of nitrogens with zero attached hydrogens (tertiary/aromatic N) is 1. The highest BCUT2D eigenvalue weighted by atomic mass is 16.2. The third-order valence-electron chi connectivity index (χ3n) is 3.69. The molecule has 2 atom stereocenters. The van der Waals surface area contributed by atoms with E-state index in [1.54, 1.807) is 26.0 Å². The van der Waals surface area contributed by atoms with Crippen LogP contribution in [0.3, 0.4) is 0 Å². The molecular weight excluding hydrogens is 254 g/mol. The highest BCUT2D eigenvalue weighted by molar-refractivity contribution is 5.89. The van der Waals surface area contributed by atoms with Crippen LogP contribution in [0.5, 0.6) is 0 Å². The minimum Gasteiger partial charge on any atom is -0.357 e. The van der Waals surface area contributed by atoms with Gasteiger partial charge in [0, 0.05) is 14.1 Å². The van der Waals surface area contributed by atoms with Crippen molar-refractivity contribution in [2.24, 2.45) is 0 Å². The van der Waals surface area contributed by atoms with Crippen LogP contribution in [0, 0.1) is 0 Å². The van der Waals surface area contributed by atoms with E-state index in [1.807, 2.05) is 0 Å². The molecule has 0 fully saturated rings. The second-order valence-electron chi connectivity index (χ2n) is 5.20. The van der Waals surface area contributed by atoms with Gasteiger partial charge in [-0.25, -0.2) is 0 Å². The second-order valence-corrected chi connectivity index (χ2v) is 5.20. The minimum atomic E-state index is -0.370. The molecule has 0 aromatic rings. The SMILES string of the molecule is CCCC[C@H](NC)C(=O)N(C)[C@@H](CCCC)C(=O)NC. The molecule has 0 bridgehead atoms. The van der Waals surface area contributed by atoms with Crippen LogP contribution in [-0.4, -0.2) is 49.9 Å². The van der Waals surface area contributed by atoms with E-state index in [4.69, 9.17) is 0 Å². The number of hydrogen-bond donors (Lipinski definition) is 2. The Kier molecular flexibility index (Phi) is 10.1. The predicted molar refractivity (Wildman–Crippen MR) is 82.5 cm³/mol. The normalized spacial score (nSPS) is 13.7. The van der Waals surface area contributed by atoms with Crippen molar-refractivity contribution in [1.82, 2.24) is 15.5 Å². The van der Waals surface area contributed by atoms with Crippen molar-refractivity contribution in [2.75, 3.05) is 21.1 Å². The number of likely N-dealkylation sites (N-methyl/N-ethyl adjacent to an activating group) is 3. The number of carbonyl (C=O) groups is 2. The summed E-state index contributed by atoms with van der Waals surface area (Å²) in [6, 6.07) is -0.571. The Morgan fingerprint density at radius 1 is 1.05 bits per heavy atom. The highest BCUT2D eigenvalue weighted by Gasteiger charge is 2.29. The lowest BCUT2D eigenvalue weighted by Crippen LogP contribution is -2.52. The zero-order valence-corrected chi connectivity index (χ0v) is 13.7. The number of unbranched alkanes of at least 4 members (excludes halogenated alkanes) is 2. The number of rotatable bonds is 10. The van der Waals surface area contributed by atoms with Gasteiger partial charge in [0.1, 0.15) is 6.04 Å². The maximum atomic E-state index is 12.5. The van der Waals surface area contributed by atoms with Crippen molar-refractivity contribution in [3.8, 4) is 0 Å². The Morgan fingerprint density at radius 2 is 1.60 bits per heavy atom. The van der Waals surface area contributed by atoms with E-state index in [0.29, 0.717) is 6.42 Å². The van der Waals surface area contributed by atoms with Crippen LogP contribution in [0.1, 0.15) is 52.4 Å². The molecule has 0 aliphatic carbocycles. The Labute approximate surface area is 123 Å². The molecule has 0 saturated carbocycles. The molecule has 0 aromatic heterocycles. The first-order chi connectivity index (χ1) is 9.53. The van der Waals surface area contributed by atoms with Gasteiger partial charge in [-0.05, 0) is 19.9 Å². The van der Waals surface area contributed by atoms with E-state index in [-0.39, 0.29) is 23.9 Å². The summed E-state index contributed by atoms with van der Waals surface area (Å²) in [5, 5.41) is 5.72. The molecule has 2 amide bonds. The van der Waals surface area contributed by atoms with Crippen molar-refractivity contribution in [3.63, 3.8) is 0 Å². The van der Waals surface area contributed by atoms with Gasteiger partial charge in [0.2, 0.25) is 11.8 Å². The quantitative estimate of drug-likeness (QED) is 0.640. The molecule has 0 radical (unpaired) electrons. The Bertz CT molecular complexity index is 295. The predicted octanol–water partition coefficient (Wildman–Crippen LogP) is 1.53. The van der Waals surface area contributed by atoms with E-state index in [1.165, 1.54) is 0 Å². The Balaban J connectivity index is 4.78. The summed E-state index contributed by atoms with van der Waals surface area (Å²) in [6.45, 7) is 4.19. The van der Waals surface area contributed by atoms with E-state index >= 15 is 0 Å². The van der Waals surface area contributed by atoms with Gasteiger partial charge in [0.05, 0.1) is 6.04 Å². The van der Waals surface area contributed by atoms with Crippen molar-refractivity contribution in [1.29, 1.82) is 0 Å². The maximum Gasteiger partial charge on any atom is 0.242 e. The first-order valence-corrected chi connectivity index (χ1v) is 7.68. The second kappa shape index (κ2) is 10.7. The van der Waals surface area contributed by atoms with Crippen molar-refractivity contribution >= 4 is 11.8 Å². The molecule has 0 aliphatic heterocycles. The van der Waals surface area contributed by atoms with Crippen LogP contribution < -0.4 is 10.6 Å². The van der Waals surface area contributed by atoms with Gasteiger partial charge in [-0.15, -0.1) is 0 Å². The van der Waals surface area contributed by atoms with Crippen LogP contribution in [0.4, 0.5) is 0 Å². The van der Waals surface area contributed by atoms with Gasteiger partial charge in [-0.2, -0.15) is 0 Å². The van der Waals surface area contributed by atoms with Crippen LogP contribution in [0.2, 0.25) is 0 Å². The molecule has 5 nitrogen and oxygen atoms in total. The zero-order valence-electron chi connectivity index (χ0n) is 13.7. The third kappa shape index (κ3) is 5.90. The van der Waals surface area contributed by atoms with E-state index in [2.05, 4.69) is 24.5 Å². The molecule has 0 aliphatic rings. The topological polar surface area (TPSA) is 61.4 Å². The fourth-order valence-electron chi connectivity index (χ4n) is 2.26. The summed E-state index contributed by atoms with van der Waals surface area (Å²) >= 11 is 0. The lowest BCUT2D eigenvalue weighted by atomic mass is 10.0. The molecule has 0 heterocycles. The third-order valence-corrected chi connectivity index (χ3v) is 3.69. The molecule has 2 N–H and O–H groups in total. The van der Waals surface area contributed by atoms with Crippen molar-refractivity contribution in [3.05, 3.63) is 0 Å². The summed E-state index contributed by atoms with van der Waals surface area (Å²) in [7, 11) is 5.15. The van der Waals surface area contributed by atoms with Crippen LogP contribution in [0.25, 0.3) is 0 Å². The molecule has 118 valence electrons. The summed E-state index contributed by atoms with van der Waals surface area (Å²) in [5.74, 6) is -0.0784. The van der Waals surface area contributed by atoms with Crippen LogP contribution in [-0.2, 0) is 9.59 Å². The van der Waals surface area contributed by atoms with Gasteiger partial charge >= 0.3 is 0 Å². The number of hydrogen-bond acceptors (Lipinski definition) is 3. The van der Waals surface area contributed by atoms with Gasteiger partial charge in [-0.3, -0.25) is 9.59 Å². The van der Waals surface area contributed by atoms with Gasteiger partial charge in [0.15, 0.2) is 0 Å². The Morgan fingerprint density at radius 3 is 2.05 bits per heavy atom. The van der Waals surface area contributed by atoms with Gasteiger partial charge in [-0.1, -0.05) is 39.5 Å². The standard InChI is InChI=1S/C15H31N3O2/c1-6-8-10-12(16-3)15(20)18(5)13(11-9-7-2)14(19)17-4/h12-13,16H,6-11H2,1-5H3,(H,17,19)/t12-,13-/m0/s1. The zero-order chi connectivity index (χ0) is 15.5. The summed E-state index contributed by atoms with van der Waals surface area (Å²) in [4.78, 5) is 26.1. The van der Waals surface area contributed by atoms with Crippen molar-refractivity contribution in [2.45, 2.75) is 64.5 Å². The maximum absolute atomic E-state index is 12.5. The molecule has 5 heteroatoms. The molecule has 0 saturated heterocycles. The minimum absolute atomic E-state index is 0.00523. The lowest BCUT2D eigenvalue weighted by Gasteiger charge is -2.30. The van der Waals surface area contributed by atoms with Gasteiger partial charge in [0.25, 0.3) is 0 Å². The van der Waals surface area contributed by atoms with Crippen LogP contribution >= 0.6 is 0 Å². The number of amides is 2. The van der Waals surface area contributed by atoms with Gasteiger partial charge < -0.3 is 15.5 Å². The lowest BCUT2D eigenvalue weighted by molar-refractivity contribution is -0.140. The largest absolute Gasteiger partial charge is 0.357 e. The van der Waals surface area contributed by atoms with Crippen molar-refractivity contribution < 1.29 is 9.59 Å². The molecular formula is C15H31N3O2. The van der Waals surface area contributed by atoms with E-state index in [9.17, 15) is 9.59 Å². The molecule has 0 spiro atoms. The summed E-state index contributed by atoms with van der Waals surface area (Å²) in [6.07, 6.45) is 5.54. The molecule has 0 aromatic carbocycles. The highest BCUT2D eigenvalue weighted by Crippen LogP contribution is 2.11. The van der Waals surface area contributed by atoms with E-state index in [0.717, 1.165) is 32.1 Å². The fourth-order valence-corrected chi connectivity index (χ4v) is 2.26. The smallest absolute Gasteiger partial charge is 0.242 e.